The van der Waals surface area contributed by atoms with Crippen molar-refractivity contribution in [2.75, 3.05) is 6.54 Å². The van der Waals surface area contributed by atoms with E-state index < -0.39 is 23.5 Å². The molecule has 2 aromatic carbocycles. The van der Waals surface area contributed by atoms with Crippen molar-refractivity contribution in [1.82, 2.24) is 5.32 Å². The van der Waals surface area contributed by atoms with Crippen molar-refractivity contribution < 1.29 is 13.2 Å². The molecule has 2 aromatic rings. The fraction of sp³-hybridized carbons (Fsp3) is 0.250. The first-order valence-corrected chi connectivity index (χ1v) is 7.45. The Hall–Kier alpha value is -1.33. The second-order valence-electron chi connectivity index (χ2n) is 4.76. The van der Waals surface area contributed by atoms with E-state index in [1.165, 1.54) is 18.2 Å². The van der Waals surface area contributed by atoms with Crippen LogP contribution < -0.4 is 5.32 Å². The van der Waals surface area contributed by atoms with Gasteiger partial charge in [0.1, 0.15) is 17.5 Å². The fourth-order valence-corrected chi connectivity index (χ4v) is 2.55. The highest BCUT2D eigenvalue weighted by molar-refractivity contribution is 9.10. The summed E-state index contributed by atoms with van der Waals surface area (Å²) in [6.07, 6.45) is 0.823. The highest BCUT2D eigenvalue weighted by Gasteiger charge is 2.19. The molecule has 1 atom stereocenters. The molecular formula is C16H15BrF3N. The molecule has 0 aromatic heterocycles. The molecule has 0 saturated carbocycles. The van der Waals surface area contributed by atoms with Crippen LogP contribution in [0.4, 0.5) is 13.2 Å². The van der Waals surface area contributed by atoms with E-state index in [1.807, 2.05) is 6.92 Å². The van der Waals surface area contributed by atoms with Crippen molar-refractivity contribution in [3.63, 3.8) is 0 Å². The second-order valence-corrected chi connectivity index (χ2v) is 5.67. The van der Waals surface area contributed by atoms with Crippen molar-refractivity contribution in [1.29, 1.82) is 0 Å². The molecule has 0 fully saturated rings. The van der Waals surface area contributed by atoms with Crippen molar-refractivity contribution in [2.24, 2.45) is 0 Å². The molecule has 0 radical (unpaired) electrons. The molecule has 0 aliphatic carbocycles. The Balaban J connectivity index is 2.49. The van der Waals surface area contributed by atoms with Crippen molar-refractivity contribution in [3.8, 4) is 0 Å². The topological polar surface area (TPSA) is 12.0 Å². The van der Waals surface area contributed by atoms with Crippen LogP contribution in [0.5, 0.6) is 0 Å². The Labute approximate surface area is 130 Å². The molecule has 0 saturated heterocycles. The van der Waals surface area contributed by atoms with Gasteiger partial charge in [-0.3, -0.25) is 0 Å². The van der Waals surface area contributed by atoms with Crippen molar-refractivity contribution in [3.05, 3.63) is 69.4 Å². The maximum Gasteiger partial charge on any atom is 0.128 e. The molecule has 1 nitrogen and oxygen atoms in total. The van der Waals surface area contributed by atoms with Gasteiger partial charge in [-0.05, 0) is 48.9 Å². The van der Waals surface area contributed by atoms with Gasteiger partial charge in [-0.2, -0.15) is 0 Å². The zero-order valence-corrected chi connectivity index (χ0v) is 13.1. The van der Waals surface area contributed by atoms with Gasteiger partial charge in [0.25, 0.3) is 0 Å². The van der Waals surface area contributed by atoms with Crippen LogP contribution in [0.15, 0.2) is 40.9 Å². The Morgan fingerprint density at radius 1 is 1.05 bits per heavy atom. The van der Waals surface area contributed by atoms with Gasteiger partial charge in [0.05, 0.1) is 6.04 Å². The van der Waals surface area contributed by atoms with E-state index in [4.69, 9.17) is 0 Å². The molecule has 0 amide bonds. The SMILES string of the molecule is CCCNC(c1cc(F)cc(F)c1)c1cc(Br)ccc1F. The third-order valence-corrected chi connectivity index (χ3v) is 3.58. The monoisotopic (exact) mass is 357 g/mol. The zero-order valence-electron chi connectivity index (χ0n) is 11.5. The van der Waals surface area contributed by atoms with E-state index in [2.05, 4.69) is 21.2 Å². The number of hydrogen-bond donors (Lipinski definition) is 1. The average molecular weight is 358 g/mol. The largest absolute Gasteiger partial charge is 0.306 e. The second kappa shape index (κ2) is 7.09. The first kappa shape index (κ1) is 16.0. The van der Waals surface area contributed by atoms with Crippen molar-refractivity contribution in [2.45, 2.75) is 19.4 Å². The van der Waals surface area contributed by atoms with E-state index in [9.17, 15) is 13.2 Å². The first-order chi connectivity index (χ1) is 10.0. The average Bonchev–Trinajstić information content (AvgIpc) is 2.42. The smallest absolute Gasteiger partial charge is 0.128 e. The van der Waals surface area contributed by atoms with Gasteiger partial charge in [-0.15, -0.1) is 0 Å². The first-order valence-electron chi connectivity index (χ1n) is 6.65. The van der Waals surface area contributed by atoms with Crippen LogP contribution in [0.3, 0.4) is 0 Å². The zero-order chi connectivity index (χ0) is 15.4. The highest BCUT2D eigenvalue weighted by Crippen LogP contribution is 2.28. The molecule has 0 aliphatic rings. The standard InChI is InChI=1S/C16H15BrF3N/c1-2-5-21-16(10-6-12(18)9-13(19)7-10)14-8-11(17)3-4-15(14)20/h3-4,6-9,16,21H,2,5H2,1H3. The minimum Gasteiger partial charge on any atom is -0.306 e. The summed E-state index contributed by atoms with van der Waals surface area (Å²) in [6.45, 7) is 2.57. The minimum absolute atomic E-state index is 0.350. The number of halogens is 4. The molecule has 5 heteroatoms. The van der Waals surface area contributed by atoms with Crippen molar-refractivity contribution >= 4 is 15.9 Å². The lowest BCUT2D eigenvalue weighted by molar-refractivity contribution is 0.533. The summed E-state index contributed by atoms with van der Waals surface area (Å²) in [6, 6.07) is 7.17. The predicted molar refractivity (Wildman–Crippen MR) is 80.6 cm³/mol. The number of nitrogens with one attached hydrogen (secondary N) is 1. The lowest BCUT2D eigenvalue weighted by atomic mass is 9.97. The van der Waals surface area contributed by atoms with Crippen LogP contribution in [-0.2, 0) is 0 Å². The van der Waals surface area contributed by atoms with Gasteiger partial charge in [0.15, 0.2) is 0 Å². The molecule has 0 spiro atoms. The normalized spacial score (nSPS) is 12.4. The Morgan fingerprint density at radius 2 is 1.71 bits per heavy atom. The Morgan fingerprint density at radius 3 is 2.33 bits per heavy atom. The molecule has 0 aliphatic heterocycles. The van der Waals surface area contributed by atoms with Gasteiger partial charge in [0, 0.05) is 16.1 Å². The quantitative estimate of drug-likeness (QED) is 0.797. The van der Waals surface area contributed by atoms with Gasteiger partial charge in [0.2, 0.25) is 0 Å². The summed E-state index contributed by atoms with van der Waals surface area (Å²) in [5.74, 6) is -1.77. The minimum atomic E-state index is -0.677. The van der Waals surface area contributed by atoms with E-state index in [-0.39, 0.29) is 0 Å². The molecular weight excluding hydrogens is 343 g/mol. The molecule has 2 rings (SSSR count). The molecule has 21 heavy (non-hydrogen) atoms. The molecule has 112 valence electrons. The van der Waals surface area contributed by atoms with Gasteiger partial charge >= 0.3 is 0 Å². The lowest BCUT2D eigenvalue weighted by Crippen LogP contribution is -2.24. The molecule has 0 heterocycles. The fourth-order valence-electron chi connectivity index (χ4n) is 2.17. The molecule has 1 N–H and O–H groups in total. The van der Waals surface area contributed by atoms with Gasteiger partial charge in [-0.25, -0.2) is 13.2 Å². The molecule has 0 bridgehead atoms. The van der Waals surface area contributed by atoms with Gasteiger partial charge in [-0.1, -0.05) is 22.9 Å². The maximum atomic E-state index is 14.1. The van der Waals surface area contributed by atoms with Crippen LogP contribution in [0.25, 0.3) is 0 Å². The van der Waals surface area contributed by atoms with E-state index in [0.29, 0.717) is 22.1 Å². The van der Waals surface area contributed by atoms with Crippen LogP contribution in [0.2, 0.25) is 0 Å². The third kappa shape index (κ3) is 4.08. The van der Waals surface area contributed by atoms with E-state index >= 15 is 0 Å². The lowest BCUT2D eigenvalue weighted by Gasteiger charge is -2.20. The van der Waals surface area contributed by atoms with E-state index in [1.54, 1.807) is 12.1 Å². The van der Waals surface area contributed by atoms with Crippen LogP contribution in [0.1, 0.15) is 30.5 Å². The number of rotatable bonds is 5. The van der Waals surface area contributed by atoms with Crippen LogP contribution in [-0.4, -0.2) is 6.54 Å². The number of hydrogen-bond acceptors (Lipinski definition) is 1. The summed E-state index contributed by atoms with van der Waals surface area (Å²) in [5, 5.41) is 3.13. The summed E-state index contributed by atoms with van der Waals surface area (Å²) in [5.41, 5.74) is 0.709. The maximum absolute atomic E-state index is 14.1. The molecule has 1 unspecified atom stereocenters. The summed E-state index contributed by atoms with van der Waals surface area (Å²) >= 11 is 3.29. The van der Waals surface area contributed by atoms with Crippen LogP contribution >= 0.6 is 15.9 Å². The summed E-state index contributed by atoms with van der Waals surface area (Å²) < 4.78 is 41.7. The van der Waals surface area contributed by atoms with Gasteiger partial charge < -0.3 is 5.32 Å². The Kier molecular flexibility index (Phi) is 5.42. The third-order valence-electron chi connectivity index (χ3n) is 3.09. The highest BCUT2D eigenvalue weighted by atomic mass is 79.9. The summed E-state index contributed by atoms with van der Waals surface area (Å²) in [4.78, 5) is 0. The van der Waals surface area contributed by atoms with E-state index in [0.717, 1.165) is 12.5 Å². The summed E-state index contributed by atoms with van der Waals surface area (Å²) in [7, 11) is 0. The predicted octanol–water partition coefficient (Wildman–Crippen LogP) is 4.96. The number of benzene rings is 2. The van der Waals surface area contributed by atoms with Crippen LogP contribution in [0, 0.1) is 17.5 Å². The Bertz CT molecular complexity index is 611.